The molecule has 0 radical (unpaired) electrons. The molecule has 4 heteroatoms. The van der Waals surface area contributed by atoms with Crippen molar-refractivity contribution in [1.29, 1.82) is 0 Å². The molecule has 0 saturated carbocycles. The first-order valence-corrected chi connectivity index (χ1v) is 5.45. The van der Waals surface area contributed by atoms with Crippen molar-refractivity contribution < 1.29 is 4.79 Å². The second kappa shape index (κ2) is 5.66. The van der Waals surface area contributed by atoms with E-state index in [1.54, 1.807) is 18.3 Å². The highest BCUT2D eigenvalue weighted by molar-refractivity contribution is 9.10. The summed E-state index contributed by atoms with van der Waals surface area (Å²) in [5.74, 6) is -0.0943. The van der Waals surface area contributed by atoms with E-state index in [-0.39, 0.29) is 5.91 Å². The van der Waals surface area contributed by atoms with E-state index in [4.69, 9.17) is 0 Å². The number of amides is 1. The Kier molecular flexibility index (Phi) is 4.49. The third kappa shape index (κ3) is 3.47. The lowest BCUT2D eigenvalue weighted by atomic mass is 10.2. The molecule has 1 aromatic rings. The normalized spacial score (nSPS) is 9.73. The third-order valence-corrected chi connectivity index (χ3v) is 2.37. The highest BCUT2D eigenvalue weighted by Gasteiger charge is 2.09. The maximum atomic E-state index is 11.7. The van der Waals surface area contributed by atoms with Gasteiger partial charge in [0, 0.05) is 17.2 Å². The summed E-state index contributed by atoms with van der Waals surface area (Å²) in [6, 6.07) is 1.77. The van der Waals surface area contributed by atoms with Crippen LogP contribution < -0.4 is 5.32 Å². The molecule has 0 saturated heterocycles. The Morgan fingerprint density at radius 3 is 3.13 bits per heavy atom. The van der Waals surface area contributed by atoms with Crippen molar-refractivity contribution >= 4 is 21.8 Å². The van der Waals surface area contributed by atoms with Crippen LogP contribution in [0.4, 0.5) is 0 Å². The van der Waals surface area contributed by atoms with Crippen molar-refractivity contribution in [2.24, 2.45) is 0 Å². The van der Waals surface area contributed by atoms with Crippen LogP contribution in [0.3, 0.4) is 0 Å². The van der Waals surface area contributed by atoms with E-state index in [1.165, 1.54) is 0 Å². The fourth-order valence-electron chi connectivity index (χ4n) is 1.12. The van der Waals surface area contributed by atoms with Crippen LogP contribution in [-0.2, 0) is 0 Å². The number of carbonyl (C=O) groups excluding carboxylic acids is 1. The molecule has 0 aliphatic carbocycles. The van der Waals surface area contributed by atoms with E-state index in [1.807, 2.05) is 6.92 Å². The molecular weight excluding hydrogens is 256 g/mol. The van der Waals surface area contributed by atoms with Gasteiger partial charge in [-0.15, -0.1) is 6.58 Å². The van der Waals surface area contributed by atoms with Gasteiger partial charge in [0.05, 0.1) is 11.3 Å². The van der Waals surface area contributed by atoms with E-state index in [0.29, 0.717) is 12.1 Å². The minimum Gasteiger partial charge on any atom is -0.352 e. The summed E-state index contributed by atoms with van der Waals surface area (Å²) in [5.41, 5.74) is 1.34. The quantitative estimate of drug-likeness (QED) is 0.674. The summed E-state index contributed by atoms with van der Waals surface area (Å²) in [6.07, 6.45) is 4.22. The van der Waals surface area contributed by atoms with Crippen LogP contribution in [0.2, 0.25) is 0 Å². The predicted octanol–water partition coefficient (Wildman–Crippen LogP) is 2.46. The number of halogens is 1. The molecule has 3 nitrogen and oxygen atoms in total. The molecule has 1 amide bonds. The molecule has 15 heavy (non-hydrogen) atoms. The number of nitrogens with one attached hydrogen (secondary N) is 1. The standard InChI is InChI=1S/C11H13BrN2O/c1-3-4-5-13-11(15)10-6-9(12)7-14-8(10)2/h3,6-7H,1,4-5H2,2H3,(H,13,15). The maximum absolute atomic E-state index is 11.7. The largest absolute Gasteiger partial charge is 0.352 e. The van der Waals surface area contributed by atoms with Crippen molar-refractivity contribution in [2.45, 2.75) is 13.3 Å². The third-order valence-electron chi connectivity index (χ3n) is 1.93. The summed E-state index contributed by atoms with van der Waals surface area (Å²) in [5, 5.41) is 2.80. The van der Waals surface area contributed by atoms with E-state index in [2.05, 4.69) is 32.8 Å². The molecule has 0 aromatic carbocycles. The van der Waals surface area contributed by atoms with Crippen LogP contribution in [0.1, 0.15) is 22.5 Å². The van der Waals surface area contributed by atoms with Gasteiger partial charge in [-0.2, -0.15) is 0 Å². The van der Waals surface area contributed by atoms with Gasteiger partial charge in [-0.1, -0.05) is 6.08 Å². The Labute approximate surface area is 97.7 Å². The van der Waals surface area contributed by atoms with Crippen LogP contribution in [0, 0.1) is 6.92 Å². The number of pyridine rings is 1. The van der Waals surface area contributed by atoms with E-state index in [9.17, 15) is 4.79 Å². The van der Waals surface area contributed by atoms with Gasteiger partial charge in [0.1, 0.15) is 0 Å². The zero-order chi connectivity index (χ0) is 11.3. The van der Waals surface area contributed by atoms with E-state index < -0.39 is 0 Å². The Morgan fingerprint density at radius 2 is 2.47 bits per heavy atom. The second-order valence-corrected chi connectivity index (χ2v) is 4.04. The molecule has 0 unspecified atom stereocenters. The summed E-state index contributed by atoms with van der Waals surface area (Å²) in [4.78, 5) is 15.8. The van der Waals surface area contributed by atoms with E-state index >= 15 is 0 Å². The zero-order valence-corrected chi connectivity index (χ0v) is 10.2. The van der Waals surface area contributed by atoms with Gasteiger partial charge in [-0.25, -0.2) is 0 Å². The van der Waals surface area contributed by atoms with Crippen LogP contribution in [0.15, 0.2) is 29.4 Å². The van der Waals surface area contributed by atoms with Gasteiger partial charge in [0.2, 0.25) is 0 Å². The van der Waals surface area contributed by atoms with Crippen LogP contribution in [-0.4, -0.2) is 17.4 Å². The SMILES string of the molecule is C=CCCNC(=O)c1cc(Br)cnc1C. The number of aromatic nitrogens is 1. The van der Waals surface area contributed by atoms with Crippen molar-refractivity contribution in [3.05, 3.63) is 40.6 Å². The lowest BCUT2D eigenvalue weighted by Gasteiger charge is -2.06. The molecule has 0 aliphatic heterocycles. The van der Waals surface area contributed by atoms with Gasteiger partial charge in [-0.05, 0) is 35.3 Å². The Bertz CT molecular complexity index is 377. The lowest BCUT2D eigenvalue weighted by Crippen LogP contribution is -2.25. The molecular formula is C11H13BrN2O. The molecule has 80 valence electrons. The van der Waals surface area contributed by atoms with Crippen molar-refractivity contribution in [1.82, 2.24) is 10.3 Å². The average molecular weight is 269 g/mol. The van der Waals surface area contributed by atoms with Gasteiger partial charge in [0.25, 0.3) is 5.91 Å². The molecule has 1 heterocycles. The molecule has 1 aromatic heterocycles. The van der Waals surface area contributed by atoms with Gasteiger partial charge in [0.15, 0.2) is 0 Å². The molecule has 0 aliphatic rings. The average Bonchev–Trinajstić information content (AvgIpc) is 2.22. The Hall–Kier alpha value is -1.16. The topological polar surface area (TPSA) is 42.0 Å². The number of rotatable bonds is 4. The number of aryl methyl sites for hydroxylation is 1. The monoisotopic (exact) mass is 268 g/mol. The number of nitrogens with zero attached hydrogens (tertiary/aromatic N) is 1. The van der Waals surface area contributed by atoms with Crippen LogP contribution in [0.5, 0.6) is 0 Å². The molecule has 1 rings (SSSR count). The smallest absolute Gasteiger partial charge is 0.253 e. The number of hydrogen-bond acceptors (Lipinski definition) is 2. The first-order chi connectivity index (χ1) is 7.15. The molecule has 0 spiro atoms. The first kappa shape index (κ1) is 11.9. The lowest BCUT2D eigenvalue weighted by molar-refractivity contribution is 0.0953. The minimum atomic E-state index is -0.0943. The number of hydrogen-bond donors (Lipinski definition) is 1. The van der Waals surface area contributed by atoms with E-state index in [0.717, 1.165) is 16.6 Å². The Morgan fingerprint density at radius 1 is 1.73 bits per heavy atom. The summed E-state index contributed by atoms with van der Waals surface area (Å²) >= 11 is 3.29. The second-order valence-electron chi connectivity index (χ2n) is 3.12. The molecule has 1 N–H and O–H groups in total. The Balaban J connectivity index is 2.72. The van der Waals surface area contributed by atoms with Gasteiger partial charge in [-0.3, -0.25) is 9.78 Å². The van der Waals surface area contributed by atoms with Gasteiger partial charge < -0.3 is 5.32 Å². The molecule has 0 fully saturated rings. The maximum Gasteiger partial charge on any atom is 0.253 e. The van der Waals surface area contributed by atoms with Crippen LogP contribution in [0.25, 0.3) is 0 Å². The zero-order valence-electron chi connectivity index (χ0n) is 8.59. The minimum absolute atomic E-state index is 0.0943. The van der Waals surface area contributed by atoms with Gasteiger partial charge >= 0.3 is 0 Å². The first-order valence-electron chi connectivity index (χ1n) is 4.66. The highest BCUT2D eigenvalue weighted by atomic mass is 79.9. The highest BCUT2D eigenvalue weighted by Crippen LogP contribution is 2.13. The van der Waals surface area contributed by atoms with Crippen LogP contribution >= 0.6 is 15.9 Å². The van der Waals surface area contributed by atoms with Crippen molar-refractivity contribution in [2.75, 3.05) is 6.54 Å². The van der Waals surface area contributed by atoms with Crippen molar-refractivity contribution in [3.8, 4) is 0 Å². The number of carbonyl (C=O) groups is 1. The summed E-state index contributed by atoms with van der Waals surface area (Å²) in [7, 11) is 0. The summed E-state index contributed by atoms with van der Waals surface area (Å²) in [6.45, 7) is 6.01. The fourth-order valence-corrected chi connectivity index (χ4v) is 1.45. The summed E-state index contributed by atoms with van der Waals surface area (Å²) < 4.78 is 0.807. The molecule has 0 bridgehead atoms. The predicted molar refractivity (Wildman–Crippen MR) is 63.8 cm³/mol. The molecule has 0 atom stereocenters. The fraction of sp³-hybridized carbons (Fsp3) is 0.273. The van der Waals surface area contributed by atoms with Crippen molar-refractivity contribution in [3.63, 3.8) is 0 Å².